The number of rotatable bonds is 4. The number of benzene rings is 2. The van der Waals surface area contributed by atoms with Crippen LogP contribution in [0.1, 0.15) is 16.9 Å². The first-order chi connectivity index (χ1) is 14.7. The van der Waals surface area contributed by atoms with E-state index in [1.807, 2.05) is 0 Å². The van der Waals surface area contributed by atoms with Crippen molar-refractivity contribution in [1.82, 2.24) is 4.90 Å². The molecule has 4 nitrogen and oxygen atoms in total. The average Bonchev–Trinajstić information content (AvgIpc) is 3.29. The topological polar surface area (TPSA) is 50.5 Å². The van der Waals surface area contributed by atoms with Crippen LogP contribution in [0.4, 0.5) is 18.0 Å². The number of carbonyl (C=O) groups is 2. The largest absolute Gasteiger partial charge is 0.457 e. The van der Waals surface area contributed by atoms with Crippen LogP contribution < -0.4 is 0 Å². The minimum atomic E-state index is -4.54. The van der Waals surface area contributed by atoms with Crippen LogP contribution >= 0.6 is 23.4 Å². The molecule has 0 unspecified atom stereocenters. The van der Waals surface area contributed by atoms with E-state index in [1.165, 1.54) is 36.4 Å². The quantitative estimate of drug-likeness (QED) is 0.397. The number of hydrogen-bond acceptors (Lipinski definition) is 4. The van der Waals surface area contributed by atoms with Gasteiger partial charge in [0.1, 0.15) is 11.5 Å². The Labute approximate surface area is 184 Å². The van der Waals surface area contributed by atoms with E-state index < -0.39 is 22.9 Å². The first-order valence-corrected chi connectivity index (χ1v) is 10.2. The van der Waals surface area contributed by atoms with E-state index in [2.05, 4.69) is 0 Å². The third-order valence-electron chi connectivity index (χ3n) is 4.56. The Kier molecular flexibility index (Phi) is 5.68. The fourth-order valence-electron chi connectivity index (χ4n) is 3.08. The Morgan fingerprint density at radius 1 is 1.00 bits per heavy atom. The highest BCUT2D eigenvalue weighted by Crippen LogP contribution is 2.39. The molecule has 0 bridgehead atoms. The molecule has 0 atom stereocenters. The maximum absolute atomic E-state index is 13.3. The van der Waals surface area contributed by atoms with Crippen LogP contribution in [0, 0.1) is 0 Å². The second kappa shape index (κ2) is 8.28. The van der Waals surface area contributed by atoms with Gasteiger partial charge in [0.25, 0.3) is 11.1 Å². The fourth-order valence-corrected chi connectivity index (χ4v) is 4.10. The summed E-state index contributed by atoms with van der Waals surface area (Å²) < 4.78 is 45.3. The van der Waals surface area contributed by atoms with Gasteiger partial charge in [-0.05, 0) is 41.6 Å². The second-order valence-corrected chi connectivity index (χ2v) is 8.01. The molecule has 158 valence electrons. The van der Waals surface area contributed by atoms with Gasteiger partial charge in [-0.3, -0.25) is 14.5 Å². The van der Waals surface area contributed by atoms with Crippen LogP contribution in [0.5, 0.6) is 0 Å². The number of nitrogens with zero attached hydrogens (tertiary/aromatic N) is 1. The highest BCUT2D eigenvalue weighted by molar-refractivity contribution is 8.18. The molecule has 1 aromatic heterocycles. The summed E-state index contributed by atoms with van der Waals surface area (Å²) in [5.41, 5.74) is -0.311. The van der Waals surface area contributed by atoms with Gasteiger partial charge < -0.3 is 4.42 Å². The Bertz CT molecular complexity index is 1200. The van der Waals surface area contributed by atoms with Crippen LogP contribution in [0.25, 0.3) is 17.4 Å². The summed E-state index contributed by atoms with van der Waals surface area (Å²) in [4.78, 5) is 26.2. The van der Waals surface area contributed by atoms with E-state index in [0.717, 1.165) is 22.7 Å². The van der Waals surface area contributed by atoms with Gasteiger partial charge in [0.05, 0.1) is 17.0 Å². The lowest BCUT2D eigenvalue weighted by molar-refractivity contribution is -0.137. The van der Waals surface area contributed by atoms with Gasteiger partial charge in [-0.2, -0.15) is 13.2 Å². The first-order valence-electron chi connectivity index (χ1n) is 8.99. The smallest absolute Gasteiger partial charge is 0.417 e. The molecule has 0 aliphatic carbocycles. The third-order valence-corrected chi connectivity index (χ3v) is 5.83. The molecule has 2 aromatic carbocycles. The molecule has 2 amide bonds. The number of thioether (sulfide) groups is 1. The minimum Gasteiger partial charge on any atom is -0.457 e. The molecule has 1 aliphatic heterocycles. The number of carbonyl (C=O) groups excluding carboxylic acids is 2. The number of amides is 2. The van der Waals surface area contributed by atoms with E-state index in [1.54, 1.807) is 24.3 Å². The van der Waals surface area contributed by atoms with Gasteiger partial charge >= 0.3 is 6.18 Å². The third kappa shape index (κ3) is 4.40. The summed E-state index contributed by atoms with van der Waals surface area (Å²) in [7, 11) is 0. The molecule has 31 heavy (non-hydrogen) atoms. The number of alkyl halides is 3. The molecule has 0 saturated carbocycles. The molecule has 1 aliphatic rings. The van der Waals surface area contributed by atoms with Gasteiger partial charge in [0, 0.05) is 16.7 Å². The first kappa shape index (κ1) is 21.3. The van der Waals surface area contributed by atoms with Crippen molar-refractivity contribution in [2.24, 2.45) is 0 Å². The summed E-state index contributed by atoms with van der Waals surface area (Å²) in [5.74, 6) is -0.353. The Morgan fingerprint density at radius 2 is 1.71 bits per heavy atom. The highest BCUT2D eigenvalue weighted by atomic mass is 35.5. The van der Waals surface area contributed by atoms with Gasteiger partial charge in [0.2, 0.25) is 0 Å². The predicted molar refractivity (Wildman–Crippen MR) is 112 cm³/mol. The lowest BCUT2D eigenvalue weighted by atomic mass is 10.1. The van der Waals surface area contributed by atoms with Crippen LogP contribution in [0.2, 0.25) is 5.02 Å². The zero-order valence-corrected chi connectivity index (χ0v) is 17.2. The van der Waals surface area contributed by atoms with Crippen LogP contribution in [0.3, 0.4) is 0 Å². The van der Waals surface area contributed by atoms with Gasteiger partial charge in [-0.1, -0.05) is 48.0 Å². The highest BCUT2D eigenvalue weighted by Gasteiger charge is 2.36. The van der Waals surface area contributed by atoms with Gasteiger partial charge in [-0.25, -0.2) is 0 Å². The van der Waals surface area contributed by atoms with Crippen molar-refractivity contribution < 1.29 is 27.2 Å². The van der Waals surface area contributed by atoms with Crippen molar-refractivity contribution in [1.29, 1.82) is 0 Å². The molecule has 2 heterocycles. The Morgan fingerprint density at radius 3 is 2.45 bits per heavy atom. The summed E-state index contributed by atoms with van der Waals surface area (Å²) >= 11 is 6.83. The van der Waals surface area contributed by atoms with Crippen LogP contribution in [-0.2, 0) is 17.5 Å². The van der Waals surface area contributed by atoms with E-state index in [-0.39, 0.29) is 28.5 Å². The Balaban J connectivity index is 1.59. The molecule has 1 fully saturated rings. The zero-order chi connectivity index (χ0) is 22.2. The van der Waals surface area contributed by atoms with E-state index >= 15 is 0 Å². The Hall–Kier alpha value is -2.97. The van der Waals surface area contributed by atoms with Crippen molar-refractivity contribution in [2.45, 2.75) is 12.7 Å². The minimum absolute atomic E-state index is 0.00877. The predicted octanol–water partition coefficient (Wildman–Crippen LogP) is 6.86. The second-order valence-electron chi connectivity index (χ2n) is 6.60. The summed E-state index contributed by atoms with van der Waals surface area (Å²) in [6, 6.07) is 14.8. The normalized spacial score (nSPS) is 15.9. The number of furan rings is 1. The maximum atomic E-state index is 13.3. The molecular weight excluding hydrogens is 451 g/mol. The number of imide groups is 1. The molecule has 4 rings (SSSR count). The van der Waals surface area contributed by atoms with Crippen LogP contribution in [0.15, 0.2) is 70.0 Å². The van der Waals surface area contributed by atoms with Crippen molar-refractivity contribution in [3.8, 4) is 11.3 Å². The number of hydrogen-bond donors (Lipinski definition) is 0. The zero-order valence-electron chi connectivity index (χ0n) is 15.7. The fraction of sp³-hybridized carbons (Fsp3) is 0.0909. The van der Waals surface area contributed by atoms with Crippen LogP contribution in [-0.4, -0.2) is 16.0 Å². The molecule has 0 N–H and O–H groups in total. The molecule has 0 radical (unpaired) electrons. The monoisotopic (exact) mass is 463 g/mol. The summed E-state index contributed by atoms with van der Waals surface area (Å²) in [6.45, 7) is 0.0179. The van der Waals surface area contributed by atoms with Crippen molar-refractivity contribution >= 4 is 40.6 Å². The molecular formula is C22H13ClF3NO3S. The van der Waals surface area contributed by atoms with Crippen molar-refractivity contribution in [3.63, 3.8) is 0 Å². The van der Waals surface area contributed by atoms with Crippen molar-refractivity contribution in [2.75, 3.05) is 0 Å². The van der Waals surface area contributed by atoms with E-state index in [0.29, 0.717) is 10.6 Å². The van der Waals surface area contributed by atoms with Crippen molar-refractivity contribution in [3.05, 3.63) is 87.5 Å². The lowest BCUT2D eigenvalue weighted by Crippen LogP contribution is -2.27. The average molecular weight is 464 g/mol. The molecule has 1 saturated heterocycles. The van der Waals surface area contributed by atoms with Gasteiger partial charge in [-0.15, -0.1) is 0 Å². The SMILES string of the molecule is O=C1S/C(=C\c2ccc(-c3ccccc3C(F)(F)F)o2)C(=O)N1Cc1ccccc1Cl. The molecule has 3 aromatic rings. The summed E-state index contributed by atoms with van der Waals surface area (Å²) in [6.07, 6.45) is -3.19. The lowest BCUT2D eigenvalue weighted by Gasteiger charge is -2.13. The standard InChI is InChI=1S/C22H13ClF3NO3S/c23-17-8-4-1-5-13(17)12-27-20(28)19(31-21(27)29)11-14-9-10-18(30-14)15-6-2-3-7-16(15)22(24,25)26/h1-11H,12H2/b19-11-. The maximum Gasteiger partial charge on any atom is 0.417 e. The summed E-state index contributed by atoms with van der Waals surface area (Å²) in [5, 5.41) is -0.0325. The molecule has 9 heteroatoms. The van der Waals surface area contributed by atoms with Gasteiger partial charge in [0.15, 0.2) is 0 Å². The van der Waals surface area contributed by atoms with E-state index in [9.17, 15) is 22.8 Å². The van der Waals surface area contributed by atoms with E-state index in [4.69, 9.17) is 16.0 Å². The number of halogens is 4. The molecule has 0 spiro atoms.